The van der Waals surface area contributed by atoms with E-state index in [9.17, 15) is 10.2 Å². The van der Waals surface area contributed by atoms with Crippen LogP contribution in [0.5, 0.6) is 5.75 Å². The summed E-state index contributed by atoms with van der Waals surface area (Å²) in [6.07, 6.45) is -4.59. The minimum atomic E-state index is -1.20. The van der Waals surface area contributed by atoms with E-state index >= 15 is 0 Å². The van der Waals surface area contributed by atoms with Crippen molar-refractivity contribution in [3.63, 3.8) is 0 Å². The molecule has 2 aliphatic heterocycles. The predicted molar refractivity (Wildman–Crippen MR) is 72.3 cm³/mol. The molecule has 6 unspecified atom stereocenters. The number of aliphatic hydroxyl groups excluding tert-OH is 1. The zero-order valence-electron chi connectivity index (χ0n) is 11.7. The summed E-state index contributed by atoms with van der Waals surface area (Å²) in [5.74, 6) is 0.152. The standard InChI is InChI=1S/C13H16O7S.U/c1-16-9-8-10(13(20-21)19-11(9)15)18-12(17-8)6-2-4-7(14)5-3-6;/h2-5,8-15,21H,1H3;. The molecule has 2 heterocycles. The molecule has 2 fully saturated rings. The van der Waals surface area contributed by atoms with Crippen molar-refractivity contribution in [3.05, 3.63) is 29.8 Å². The van der Waals surface area contributed by atoms with Crippen molar-refractivity contribution in [2.75, 3.05) is 7.11 Å². The van der Waals surface area contributed by atoms with Crippen molar-refractivity contribution < 1.29 is 64.5 Å². The van der Waals surface area contributed by atoms with E-state index in [1.165, 1.54) is 19.2 Å². The molecule has 0 aromatic heterocycles. The van der Waals surface area contributed by atoms with Crippen LogP contribution in [0.15, 0.2) is 24.3 Å². The first-order valence-electron chi connectivity index (χ1n) is 6.40. The summed E-state index contributed by atoms with van der Waals surface area (Å²) in [6, 6.07) is 6.45. The zero-order chi connectivity index (χ0) is 15.0. The second-order valence-electron chi connectivity index (χ2n) is 4.83. The number of aromatic hydroxyl groups is 1. The Hall–Kier alpha value is 0.182. The van der Waals surface area contributed by atoms with Gasteiger partial charge in [-0.3, -0.25) is 4.18 Å². The molecule has 0 radical (unpaired) electrons. The van der Waals surface area contributed by atoms with Crippen LogP contribution < -0.4 is 0 Å². The van der Waals surface area contributed by atoms with Gasteiger partial charge >= 0.3 is 0 Å². The molecule has 0 spiro atoms. The minimum Gasteiger partial charge on any atom is -0.508 e. The summed E-state index contributed by atoms with van der Waals surface area (Å²) in [7, 11) is 1.45. The maximum absolute atomic E-state index is 9.88. The van der Waals surface area contributed by atoms with Crippen LogP contribution in [0.2, 0.25) is 0 Å². The first kappa shape index (κ1) is 18.5. The Morgan fingerprint density at radius 2 is 1.73 bits per heavy atom. The van der Waals surface area contributed by atoms with Crippen LogP contribution in [0.1, 0.15) is 11.9 Å². The van der Waals surface area contributed by atoms with E-state index in [4.69, 9.17) is 23.1 Å². The minimum absolute atomic E-state index is 0. The Morgan fingerprint density at radius 3 is 2.32 bits per heavy atom. The summed E-state index contributed by atoms with van der Waals surface area (Å²) < 4.78 is 26.9. The smallest absolute Gasteiger partial charge is 0.202 e. The maximum Gasteiger partial charge on any atom is 0.202 e. The Bertz CT molecular complexity index is 488. The summed E-state index contributed by atoms with van der Waals surface area (Å²) in [4.78, 5) is 0. The Morgan fingerprint density at radius 1 is 1.09 bits per heavy atom. The molecule has 2 aliphatic rings. The van der Waals surface area contributed by atoms with Gasteiger partial charge in [0.1, 0.15) is 24.1 Å². The third kappa shape index (κ3) is 3.48. The molecule has 0 saturated carbocycles. The van der Waals surface area contributed by atoms with Crippen LogP contribution >= 0.6 is 12.9 Å². The molecule has 1 aromatic rings. The monoisotopic (exact) mass is 554 g/mol. The van der Waals surface area contributed by atoms with E-state index in [1.807, 2.05) is 0 Å². The van der Waals surface area contributed by atoms with Crippen LogP contribution in [0.3, 0.4) is 0 Å². The number of methoxy groups -OCH3 is 1. The van der Waals surface area contributed by atoms with Crippen LogP contribution in [-0.4, -0.2) is 48.2 Å². The fourth-order valence-electron chi connectivity index (χ4n) is 2.53. The van der Waals surface area contributed by atoms with Crippen LogP contribution in [0.25, 0.3) is 0 Å². The van der Waals surface area contributed by atoms with Gasteiger partial charge in [-0.15, -0.1) is 0 Å². The molecule has 9 heteroatoms. The number of hydrogen-bond acceptors (Lipinski definition) is 8. The average molecular weight is 554 g/mol. The van der Waals surface area contributed by atoms with Gasteiger partial charge in [0.05, 0.1) is 0 Å². The quantitative estimate of drug-likeness (QED) is 0.376. The third-order valence-electron chi connectivity index (χ3n) is 3.57. The number of phenols is 1. The van der Waals surface area contributed by atoms with E-state index in [2.05, 4.69) is 12.9 Å². The fraction of sp³-hybridized carbons (Fsp3) is 0.538. The molecule has 0 aliphatic carbocycles. The van der Waals surface area contributed by atoms with Crippen molar-refractivity contribution in [2.24, 2.45) is 0 Å². The molecule has 3 rings (SSSR count). The molecule has 120 valence electrons. The van der Waals surface area contributed by atoms with E-state index in [-0.39, 0.29) is 36.9 Å². The van der Waals surface area contributed by atoms with Gasteiger partial charge in [-0.25, -0.2) is 0 Å². The van der Waals surface area contributed by atoms with E-state index < -0.39 is 37.2 Å². The number of benzene rings is 1. The summed E-state index contributed by atoms with van der Waals surface area (Å²) in [5.41, 5.74) is 0.726. The number of thiol groups is 1. The predicted octanol–water partition coefficient (Wildman–Crippen LogP) is 0.726. The second-order valence-corrected chi connectivity index (χ2v) is 5.04. The van der Waals surface area contributed by atoms with Gasteiger partial charge in [0.2, 0.25) is 6.29 Å². The normalized spacial score (nSPS) is 37.4. The van der Waals surface area contributed by atoms with Gasteiger partial charge in [-0.1, -0.05) is 12.1 Å². The Kier molecular flexibility index (Phi) is 6.60. The van der Waals surface area contributed by atoms with Gasteiger partial charge in [0, 0.05) is 43.8 Å². The molecular formula is C13H16O7SU. The molecule has 0 amide bonds. The van der Waals surface area contributed by atoms with E-state index in [0.29, 0.717) is 0 Å². The molecule has 0 bridgehead atoms. The maximum atomic E-state index is 9.88. The Labute approximate surface area is 156 Å². The van der Waals surface area contributed by atoms with Gasteiger partial charge in [0.15, 0.2) is 12.6 Å². The first-order chi connectivity index (χ1) is 10.1. The van der Waals surface area contributed by atoms with Gasteiger partial charge in [-0.2, -0.15) is 0 Å². The molecule has 2 N–H and O–H groups in total. The number of rotatable bonds is 3. The largest absolute Gasteiger partial charge is 0.508 e. The van der Waals surface area contributed by atoms with Crippen LogP contribution in [0, 0.1) is 31.1 Å². The second kappa shape index (κ2) is 7.84. The van der Waals surface area contributed by atoms with Crippen molar-refractivity contribution in [3.8, 4) is 5.75 Å². The number of aliphatic hydroxyl groups is 1. The van der Waals surface area contributed by atoms with E-state index in [1.54, 1.807) is 12.1 Å². The molecule has 1 aromatic carbocycles. The van der Waals surface area contributed by atoms with Crippen molar-refractivity contribution in [1.29, 1.82) is 0 Å². The van der Waals surface area contributed by atoms with Crippen LogP contribution in [-0.2, 0) is 23.1 Å². The summed E-state index contributed by atoms with van der Waals surface area (Å²) in [6.45, 7) is 0. The zero-order valence-corrected chi connectivity index (χ0v) is 16.7. The first-order valence-corrected chi connectivity index (χ1v) is 6.77. The van der Waals surface area contributed by atoms with Gasteiger partial charge < -0.3 is 29.2 Å². The van der Waals surface area contributed by atoms with E-state index in [0.717, 1.165) is 5.56 Å². The SMILES string of the molecule is COC1C(O)OC(OS)C2OC(c3ccc(O)cc3)OC12.[U]. The fourth-order valence-corrected chi connectivity index (χ4v) is 2.70. The van der Waals surface area contributed by atoms with Crippen LogP contribution in [0.4, 0.5) is 0 Å². The number of fused-ring (bicyclic) bond motifs is 1. The molecule has 6 atom stereocenters. The summed E-state index contributed by atoms with van der Waals surface area (Å²) >= 11 is 3.73. The molecule has 7 nitrogen and oxygen atoms in total. The van der Waals surface area contributed by atoms with Crippen molar-refractivity contribution >= 4 is 12.9 Å². The average Bonchev–Trinajstić information content (AvgIpc) is 2.92. The van der Waals surface area contributed by atoms with Crippen molar-refractivity contribution in [2.45, 2.75) is 37.2 Å². The summed E-state index contributed by atoms with van der Waals surface area (Å²) in [5, 5.41) is 19.2. The Balaban J connectivity index is 0.00000176. The number of hydrogen-bond donors (Lipinski definition) is 3. The van der Waals surface area contributed by atoms with Gasteiger partial charge in [-0.05, 0) is 25.0 Å². The topological polar surface area (TPSA) is 86.6 Å². The third-order valence-corrected chi connectivity index (χ3v) is 3.78. The molecule has 2 saturated heterocycles. The van der Waals surface area contributed by atoms with Crippen molar-refractivity contribution in [1.82, 2.24) is 0 Å². The number of ether oxygens (including phenoxy) is 4. The number of phenolic OH excluding ortho intramolecular Hbond substituents is 1. The molecule has 22 heavy (non-hydrogen) atoms. The molecular weight excluding hydrogens is 538 g/mol. The van der Waals surface area contributed by atoms with Gasteiger partial charge in [0.25, 0.3) is 0 Å².